The summed E-state index contributed by atoms with van der Waals surface area (Å²) in [6.45, 7) is 2.01. The Morgan fingerprint density at radius 1 is 1.07 bits per heavy atom. The number of nitrogens with zero attached hydrogens (tertiary/aromatic N) is 5. The van der Waals surface area contributed by atoms with Crippen molar-refractivity contribution in [1.82, 2.24) is 24.7 Å². The topological polar surface area (TPSA) is 56.5 Å². The molecule has 0 spiro atoms. The molecule has 0 saturated carbocycles. The molecule has 4 rings (SSSR count). The third-order valence-electron chi connectivity index (χ3n) is 3.97. The van der Waals surface area contributed by atoms with Gasteiger partial charge in [-0.15, -0.1) is 21.5 Å². The van der Waals surface area contributed by atoms with Crippen LogP contribution in [0.1, 0.15) is 11.4 Å². The molecule has 0 fully saturated rings. The van der Waals surface area contributed by atoms with Crippen LogP contribution in [0.2, 0.25) is 0 Å². The number of hydrogen-bond donors (Lipinski definition) is 0. The second-order valence-corrected chi connectivity index (χ2v) is 7.65. The predicted molar refractivity (Wildman–Crippen MR) is 97.7 cm³/mol. The summed E-state index contributed by atoms with van der Waals surface area (Å²) in [6.07, 6.45) is -3.15. The highest BCUT2D eigenvalue weighted by Gasteiger charge is 2.37. The molecule has 0 aliphatic rings. The maximum atomic E-state index is 13.0. The maximum Gasteiger partial charge on any atom is 0.451 e. The Bertz CT molecular complexity index is 1120. The van der Waals surface area contributed by atoms with Crippen LogP contribution >= 0.6 is 23.1 Å². The molecule has 0 amide bonds. The van der Waals surface area contributed by atoms with Crippen molar-refractivity contribution in [3.05, 3.63) is 47.4 Å². The van der Waals surface area contributed by atoms with Crippen LogP contribution in [-0.4, -0.2) is 24.7 Å². The summed E-state index contributed by atoms with van der Waals surface area (Å²) in [5.74, 6) is -1.04. The summed E-state index contributed by atoms with van der Waals surface area (Å²) in [5.41, 5.74) is 3.08. The van der Waals surface area contributed by atoms with E-state index in [4.69, 9.17) is 0 Å². The van der Waals surface area contributed by atoms with Gasteiger partial charge in [0.1, 0.15) is 16.2 Å². The molecule has 4 aromatic rings. The normalized spacial score (nSPS) is 12.0. The van der Waals surface area contributed by atoms with Gasteiger partial charge in [-0.05, 0) is 24.2 Å². The summed E-state index contributed by atoms with van der Waals surface area (Å²) in [7, 11) is 1.29. The lowest BCUT2D eigenvalue weighted by atomic mass is 10.1. The first-order valence-electron chi connectivity index (χ1n) is 7.78. The van der Waals surface area contributed by atoms with Gasteiger partial charge in [0.15, 0.2) is 5.16 Å². The summed E-state index contributed by atoms with van der Waals surface area (Å²) in [4.78, 5) is 9.34. The lowest BCUT2D eigenvalue weighted by Gasteiger charge is -2.07. The number of halogens is 3. The average Bonchev–Trinajstić information content (AvgIpc) is 3.20. The van der Waals surface area contributed by atoms with Crippen LogP contribution in [0, 0.1) is 6.92 Å². The molecule has 0 saturated heterocycles. The summed E-state index contributed by atoms with van der Waals surface area (Å²) in [5, 5.41) is 10.4. The highest BCUT2D eigenvalue weighted by atomic mass is 32.2. The molecule has 138 valence electrons. The average molecular weight is 407 g/mol. The van der Waals surface area contributed by atoms with E-state index in [9.17, 15) is 13.2 Å². The SMILES string of the molecule is Cc1ccc(-c2csc3ncnc(Sc4nnc(C(F)(F)F)n4C)c23)cc1. The van der Waals surface area contributed by atoms with Gasteiger partial charge in [-0.25, -0.2) is 9.97 Å². The van der Waals surface area contributed by atoms with Crippen molar-refractivity contribution >= 4 is 33.3 Å². The van der Waals surface area contributed by atoms with E-state index in [0.29, 0.717) is 5.03 Å². The largest absolute Gasteiger partial charge is 0.451 e. The highest BCUT2D eigenvalue weighted by Crippen LogP contribution is 2.40. The van der Waals surface area contributed by atoms with Gasteiger partial charge in [-0.3, -0.25) is 0 Å². The number of thiophene rings is 1. The van der Waals surface area contributed by atoms with Crippen LogP contribution in [0.3, 0.4) is 0 Å². The van der Waals surface area contributed by atoms with Crippen molar-refractivity contribution in [1.29, 1.82) is 0 Å². The van der Waals surface area contributed by atoms with Crippen LogP contribution in [0.15, 0.2) is 46.2 Å². The minimum Gasteiger partial charge on any atom is -0.301 e. The van der Waals surface area contributed by atoms with Gasteiger partial charge in [0.05, 0.1) is 5.39 Å². The highest BCUT2D eigenvalue weighted by molar-refractivity contribution is 7.99. The second-order valence-electron chi connectivity index (χ2n) is 5.84. The summed E-state index contributed by atoms with van der Waals surface area (Å²) < 4.78 is 39.8. The molecule has 3 aromatic heterocycles. The van der Waals surface area contributed by atoms with Crippen molar-refractivity contribution < 1.29 is 13.2 Å². The third-order valence-corrected chi connectivity index (χ3v) is 5.90. The molecular formula is C17H12F3N5S2. The van der Waals surface area contributed by atoms with E-state index >= 15 is 0 Å². The Hall–Kier alpha value is -2.46. The minimum absolute atomic E-state index is 0.114. The first kappa shape index (κ1) is 17.9. The van der Waals surface area contributed by atoms with Gasteiger partial charge in [0.2, 0.25) is 5.82 Å². The fourth-order valence-corrected chi connectivity index (χ4v) is 4.47. The molecular weight excluding hydrogens is 395 g/mol. The van der Waals surface area contributed by atoms with Gasteiger partial charge in [-0.1, -0.05) is 29.8 Å². The molecule has 0 aliphatic heterocycles. The van der Waals surface area contributed by atoms with Gasteiger partial charge >= 0.3 is 6.18 Å². The minimum atomic E-state index is -4.56. The summed E-state index contributed by atoms with van der Waals surface area (Å²) in [6, 6.07) is 8.02. The zero-order valence-corrected chi connectivity index (χ0v) is 15.8. The number of rotatable bonds is 3. The monoisotopic (exact) mass is 407 g/mol. The molecule has 0 N–H and O–H groups in total. The molecule has 27 heavy (non-hydrogen) atoms. The van der Waals surface area contributed by atoms with E-state index in [0.717, 1.165) is 43.2 Å². The Morgan fingerprint density at radius 3 is 2.48 bits per heavy atom. The van der Waals surface area contributed by atoms with E-state index in [1.165, 1.54) is 24.7 Å². The number of benzene rings is 1. The number of fused-ring (bicyclic) bond motifs is 1. The van der Waals surface area contributed by atoms with Crippen LogP contribution in [0.5, 0.6) is 0 Å². The number of hydrogen-bond acceptors (Lipinski definition) is 6. The molecule has 3 heterocycles. The summed E-state index contributed by atoms with van der Waals surface area (Å²) >= 11 is 2.51. The van der Waals surface area contributed by atoms with Crippen LogP contribution in [0.4, 0.5) is 13.2 Å². The number of alkyl halides is 3. The number of aromatic nitrogens is 5. The Morgan fingerprint density at radius 2 is 1.81 bits per heavy atom. The van der Waals surface area contributed by atoms with E-state index in [1.807, 2.05) is 36.6 Å². The third kappa shape index (κ3) is 3.30. The van der Waals surface area contributed by atoms with Crippen molar-refractivity contribution in [3.8, 4) is 11.1 Å². The van der Waals surface area contributed by atoms with Crippen molar-refractivity contribution in [2.24, 2.45) is 7.05 Å². The molecule has 0 aliphatic carbocycles. The number of aryl methyl sites for hydroxylation is 1. The second kappa shape index (κ2) is 6.61. The Kier molecular flexibility index (Phi) is 4.39. The molecule has 1 aromatic carbocycles. The zero-order chi connectivity index (χ0) is 19.2. The fraction of sp³-hybridized carbons (Fsp3) is 0.176. The van der Waals surface area contributed by atoms with Crippen molar-refractivity contribution in [2.75, 3.05) is 0 Å². The van der Waals surface area contributed by atoms with Gasteiger partial charge in [0, 0.05) is 18.0 Å². The molecule has 0 bridgehead atoms. The Labute approximate surface area is 160 Å². The quantitative estimate of drug-likeness (QED) is 0.449. The smallest absolute Gasteiger partial charge is 0.301 e. The predicted octanol–water partition coefficient (Wildman–Crippen LogP) is 4.97. The fourth-order valence-electron chi connectivity index (χ4n) is 2.61. The zero-order valence-electron chi connectivity index (χ0n) is 14.2. The Balaban J connectivity index is 1.80. The van der Waals surface area contributed by atoms with E-state index in [2.05, 4.69) is 20.2 Å². The van der Waals surface area contributed by atoms with Crippen LogP contribution < -0.4 is 0 Å². The first-order valence-corrected chi connectivity index (χ1v) is 9.48. The molecule has 0 radical (unpaired) electrons. The van der Waals surface area contributed by atoms with Crippen molar-refractivity contribution in [3.63, 3.8) is 0 Å². The molecule has 0 atom stereocenters. The lowest BCUT2D eigenvalue weighted by molar-refractivity contribution is -0.147. The van der Waals surface area contributed by atoms with E-state index in [-0.39, 0.29) is 5.16 Å². The van der Waals surface area contributed by atoms with Crippen LogP contribution in [0.25, 0.3) is 21.3 Å². The molecule has 10 heteroatoms. The van der Waals surface area contributed by atoms with Gasteiger partial charge in [-0.2, -0.15) is 13.2 Å². The van der Waals surface area contributed by atoms with Crippen molar-refractivity contribution in [2.45, 2.75) is 23.3 Å². The van der Waals surface area contributed by atoms with Gasteiger partial charge < -0.3 is 4.57 Å². The van der Waals surface area contributed by atoms with E-state index < -0.39 is 12.0 Å². The lowest BCUT2D eigenvalue weighted by Crippen LogP contribution is -2.12. The van der Waals surface area contributed by atoms with Gasteiger partial charge in [0.25, 0.3) is 0 Å². The molecule has 5 nitrogen and oxygen atoms in total. The maximum absolute atomic E-state index is 13.0. The van der Waals surface area contributed by atoms with Crippen LogP contribution in [-0.2, 0) is 13.2 Å². The molecule has 0 unspecified atom stereocenters. The van der Waals surface area contributed by atoms with E-state index in [1.54, 1.807) is 0 Å². The first-order chi connectivity index (χ1) is 12.8. The standard InChI is InChI=1S/C17H12F3N5S2/c1-9-3-5-10(6-4-9)11-7-26-13-12(11)14(22-8-21-13)27-16-24-23-15(25(16)2)17(18,19)20/h3-8H,1-2H3.